The van der Waals surface area contributed by atoms with Crippen LogP contribution in [0.1, 0.15) is 67.8 Å². The summed E-state index contributed by atoms with van der Waals surface area (Å²) in [7, 11) is 0. The van der Waals surface area contributed by atoms with Crippen molar-refractivity contribution in [2.24, 2.45) is 11.3 Å². The number of fused-ring (bicyclic) bond motifs is 2. The Morgan fingerprint density at radius 3 is 2.67 bits per heavy atom. The zero-order valence-electron chi connectivity index (χ0n) is 16.4. The van der Waals surface area contributed by atoms with Gasteiger partial charge in [-0.3, -0.25) is 9.59 Å². The molecule has 2 atom stereocenters. The summed E-state index contributed by atoms with van der Waals surface area (Å²) in [6, 6.07) is 7.47. The summed E-state index contributed by atoms with van der Waals surface area (Å²) < 4.78 is 0. The number of hydrogen-bond acceptors (Lipinski definition) is 4. The number of aromatic nitrogens is 1. The molecule has 0 radical (unpaired) electrons. The van der Waals surface area contributed by atoms with Crippen molar-refractivity contribution in [1.29, 1.82) is 0 Å². The minimum atomic E-state index is -0.0788. The number of thiazole rings is 1. The number of nitrogens with zero attached hydrogens (tertiary/aromatic N) is 2. The van der Waals surface area contributed by atoms with Crippen LogP contribution in [-0.2, 0) is 0 Å². The summed E-state index contributed by atoms with van der Waals surface area (Å²) in [5.74, 6) is 0.622. The van der Waals surface area contributed by atoms with Gasteiger partial charge in [0, 0.05) is 28.6 Å². The standard InChI is InChI=1S/C22H26N2O2S/c1-14(25)16-7-5-6-8-17(16)19-23-18(12-27-19)20(26)24-11-15-9-21(2,3)13-22(24,4)10-15/h5-8,12,15H,9-11,13H2,1-4H3/t15?,22-/m1/s1. The van der Waals surface area contributed by atoms with Gasteiger partial charge in [0.25, 0.3) is 5.91 Å². The monoisotopic (exact) mass is 382 g/mol. The SMILES string of the molecule is CC(=O)c1ccccc1-c1nc(C(=O)N2CC3CC(C)(C)C[C@@]2(C)C3)cs1. The minimum absolute atomic E-state index is 0.0109. The van der Waals surface area contributed by atoms with Crippen LogP contribution < -0.4 is 0 Å². The number of ketones is 1. The van der Waals surface area contributed by atoms with Gasteiger partial charge in [-0.15, -0.1) is 11.3 Å². The van der Waals surface area contributed by atoms with Crippen LogP contribution in [0.25, 0.3) is 10.6 Å². The van der Waals surface area contributed by atoms with Gasteiger partial charge in [-0.05, 0) is 44.4 Å². The average Bonchev–Trinajstić information content (AvgIpc) is 3.15. The first-order chi connectivity index (χ1) is 12.7. The molecule has 1 saturated heterocycles. The smallest absolute Gasteiger partial charge is 0.273 e. The number of amides is 1. The van der Waals surface area contributed by atoms with E-state index >= 15 is 0 Å². The predicted molar refractivity (Wildman–Crippen MR) is 108 cm³/mol. The average molecular weight is 383 g/mol. The summed E-state index contributed by atoms with van der Waals surface area (Å²) >= 11 is 1.43. The van der Waals surface area contributed by atoms with Crippen LogP contribution in [0.2, 0.25) is 0 Å². The lowest BCUT2D eigenvalue weighted by Gasteiger charge is -2.43. The lowest BCUT2D eigenvalue weighted by atomic mass is 9.67. The van der Waals surface area contributed by atoms with Gasteiger partial charge in [-0.2, -0.15) is 0 Å². The number of likely N-dealkylation sites (tertiary alicyclic amines) is 1. The Labute approximate surface area is 164 Å². The van der Waals surface area contributed by atoms with Gasteiger partial charge in [0.1, 0.15) is 10.7 Å². The molecule has 0 spiro atoms. The predicted octanol–water partition coefficient (Wildman–Crippen LogP) is 5.05. The molecule has 27 heavy (non-hydrogen) atoms. The third-order valence-corrected chi connectivity index (χ3v) is 6.90. The highest BCUT2D eigenvalue weighted by Gasteiger charge is 2.52. The lowest BCUT2D eigenvalue weighted by Crippen LogP contribution is -2.47. The number of benzene rings is 1. The van der Waals surface area contributed by atoms with Crippen molar-refractivity contribution in [3.63, 3.8) is 0 Å². The number of Topliss-reactive ketones (excluding diaryl/α,β-unsaturated/α-hetero) is 1. The maximum Gasteiger partial charge on any atom is 0.273 e. The molecule has 1 aromatic carbocycles. The van der Waals surface area contributed by atoms with Crippen LogP contribution in [0.15, 0.2) is 29.6 Å². The summed E-state index contributed by atoms with van der Waals surface area (Å²) in [6.45, 7) is 9.24. The van der Waals surface area contributed by atoms with Gasteiger partial charge < -0.3 is 4.90 Å². The van der Waals surface area contributed by atoms with Crippen LogP contribution in [0.3, 0.4) is 0 Å². The van der Waals surface area contributed by atoms with E-state index < -0.39 is 0 Å². The molecule has 1 aromatic heterocycles. The largest absolute Gasteiger partial charge is 0.332 e. The van der Waals surface area contributed by atoms with E-state index in [0.717, 1.165) is 30.0 Å². The molecule has 2 aromatic rings. The van der Waals surface area contributed by atoms with Gasteiger partial charge in [0.05, 0.1) is 0 Å². The van der Waals surface area contributed by atoms with E-state index in [1.165, 1.54) is 17.8 Å². The van der Waals surface area contributed by atoms with Crippen LogP contribution in [0.4, 0.5) is 0 Å². The molecule has 5 heteroatoms. The van der Waals surface area contributed by atoms with Gasteiger partial charge in [0.2, 0.25) is 0 Å². The van der Waals surface area contributed by atoms with Gasteiger partial charge in [0.15, 0.2) is 5.78 Å². The molecule has 2 heterocycles. The molecule has 1 aliphatic carbocycles. The molecule has 2 aliphatic rings. The number of hydrogen-bond donors (Lipinski definition) is 0. The number of carbonyl (C=O) groups is 2. The zero-order valence-corrected chi connectivity index (χ0v) is 17.2. The summed E-state index contributed by atoms with van der Waals surface area (Å²) in [5, 5.41) is 2.57. The third kappa shape index (κ3) is 3.22. The maximum atomic E-state index is 13.3. The first-order valence-electron chi connectivity index (χ1n) is 9.56. The highest BCUT2D eigenvalue weighted by Crippen LogP contribution is 2.51. The highest BCUT2D eigenvalue weighted by atomic mass is 32.1. The molecular weight excluding hydrogens is 356 g/mol. The number of carbonyl (C=O) groups excluding carboxylic acids is 2. The molecule has 4 nitrogen and oxygen atoms in total. The Morgan fingerprint density at radius 1 is 1.19 bits per heavy atom. The maximum absolute atomic E-state index is 13.3. The van der Waals surface area contributed by atoms with Gasteiger partial charge in [-0.25, -0.2) is 4.98 Å². The summed E-state index contributed by atoms with van der Waals surface area (Å²) in [5.41, 5.74) is 2.16. The van der Waals surface area contributed by atoms with E-state index in [4.69, 9.17) is 0 Å². The van der Waals surface area contributed by atoms with Crippen molar-refractivity contribution < 1.29 is 9.59 Å². The highest BCUT2D eigenvalue weighted by molar-refractivity contribution is 7.13. The fraction of sp³-hybridized carbons (Fsp3) is 0.500. The second kappa shape index (κ2) is 6.26. The Kier molecular flexibility index (Phi) is 4.26. The molecular formula is C22H26N2O2S. The molecule has 1 saturated carbocycles. The lowest BCUT2D eigenvalue weighted by molar-refractivity contribution is 0.0505. The molecule has 2 bridgehead atoms. The summed E-state index contributed by atoms with van der Waals surface area (Å²) in [4.78, 5) is 31.9. The van der Waals surface area contributed by atoms with Crippen molar-refractivity contribution in [3.8, 4) is 10.6 Å². The summed E-state index contributed by atoms with van der Waals surface area (Å²) in [6.07, 6.45) is 3.30. The van der Waals surface area contributed by atoms with Gasteiger partial charge >= 0.3 is 0 Å². The van der Waals surface area contributed by atoms with E-state index in [1.54, 1.807) is 6.92 Å². The van der Waals surface area contributed by atoms with Crippen molar-refractivity contribution in [2.75, 3.05) is 6.54 Å². The van der Waals surface area contributed by atoms with E-state index in [-0.39, 0.29) is 22.6 Å². The zero-order chi connectivity index (χ0) is 19.4. The second-order valence-electron chi connectivity index (χ2n) is 9.17. The molecule has 142 valence electrons. The Hall–Kier alpha value is -2.01. The minimum Gasteiger partial charge on any atom is -0.332 e. The Morgan fingerprint density at radius 2 is 1.93 bits per heavy atom. The van der Waals surface area contributed by atoms with E-state index in [2.05, 4.69) is 30.7 Å². The van der Waals surface area contributed by atoms with E-state index in [9.17, 15) is 9.59 Å². The van der Waals surface area contributed by atoms with Crippen LogP contribution >= 0.6 is 11.3 Å². The van der Waals surface area contributed by atoms with Crippen LogP contribution in [0.5, 0.6) is 0 Å². The molecule has 0 N–H and O–H groups in total. The van der Waals surface area contributed by atoms with Crippen molar-refractivity contribution in [3.05, 3.63) is 40.9 Å². The van der Waals surface area contributed by atoms with Crippen LogP contribution in [-0.4, -0.2) is 33.7 Å². The van der Waals surface area contributed by atoms with Crippen molar-refractivity contribution >= 4 is 23.0 Å². The Bertz CT molecular complexity index is 917. The Balaban J connectivity index is 1.63. The molecule has 1 aliphatic heterocycles. The van der Waals surface area contributed by atoms with Crippen LogP contribution in [0, 0.1) is 11.3 Å². The third-order valence-electron chi connectivity index (χ3n) is 6.03. The molecule has 1 amide bonds. The first kappa shape index (κ1) is 18.4. The van der Waals surface area contributed by atoms with Crippen molar-refractivity contribution in [2.45, 2.75) is 52.5 Å². The van der Waals surface area contributed by atoms with Gasteiger partial charge in [-0.1, -0.05) is 38.1 Å². The first-order valence-corrected chi connectivity index (χ1v) is 10.4. The normalized spacial score (nSPS) is 26.2. The molecule has 1 unspecified atom stereocenters. The van der Waals surface area contributed by atoms with E-state index in [0.29, 0.717) is 17.2 Å². The topological polar surface area (TPSA) is 50.3 Å². The van der Waals surface area contributed by atoms with E-state index in [1.807, 2.05) is 29.6 Å². The number of rotatable bonds is 3. The second-order valence-corrected chi connectivity index (χ2v) is 10.0. The fourth-order valence-corrected chi connectivity index (χ4v) is 6.24. The molecule has 2 fully saturated rings. The molecule has 4 rings (SSSR count). The quantitative estimate of drug-likeness (QED) is 0.698. The van der Waals surface area contributed by atoms with Crippen molar-refractivity contribution in [1.82, 2.24) is 9.88 Å². The fourth-order valence-electron chi connectivity index (χ4n) is 5.40.